The second-order valence-electron chi connectivity index (χ2n) is 4.54. The lowest BCUT2D eigenvalue weighted by Gasteiger charge is -2.17. The number of nitrogens with zero attached hydrogens (tertiary/aromatic N) is 2. The van der Waals surface area contributed by atoms with Gasteiger partial charge in [0.05, 0.1) is 5.69 Å². The Hall–Kier alpha value is -2.20. The number of para-hydroxylation sites is 1. The molecule has 0 fully saturated rings. The fourth-order valence-electron chi connectivity index (χ4n) is 1.88. The van der Waals surface area contributed by atoms with Crippen LogP contribution in [0.25, 0.3) is 0 Å². The first-order valence-corrected chi connectivity index (χ1v) is 6.69. The third kappa shape index (κ3) is 4.17. The highest BCUT2D eigenvalue weighted by Gasteiger charge is 2.09. The fourth-order valence-corrected chi connectivity index (χ4v) is 1.88. The molecule has 0 saturated heterocycles. The predicted octanol–water partition coefficient (Wildman–Crippen LogP) is 2.22. The average Bonchev–Trinajstić information content (AvgIpc) is 2.52. The van der Waals surface area contributed by atoms with E-state index >= 15 is 0 Å². The number of anilines is 1. The molecule has 0 unspecified atom stereocenters. The number of hydrogen-bond donors (Lipinski definition) is 1. The van der Waals surface area contributed by atoms with Crippen LogP contribution in [0.5, 0.6) is 0 Å². The van der Waals surface area contributed by atoms with Crippen molar-refractivity contribution in [1.29, 1.82) is 0 Å². The lowest BCUT2D eigenvalue weighted by Crippen LogP contribution is -2.29. The molecule has 104 valence electrons. The minimum atomic E-state index is 0.102. The molecule has 1 aromatic heterocycles. The first kappa shape index (κ1) is 14.2. The Morgan fingerprint density at radius 1 is 1.15 bits per heavy atom. The third-order valence-corrected chi connectivity index (χ3v) is 3.07. The molecule has 0 aliphatic heterocycles. The molecule has 0 atom stereocenters. The van der Waals surface area contributed by atoms with E-state index in [-0.39, 0.29) is 5.91 Å². The Morgan fingerprint density at radius 3 is 2.60 bits per heavy atom. The van der Waals surface area contributed by atoms with E-state index in [1.165, 1.54) is 0 Å². The molecule has 0 radical (unpaired) electrons. The summed E-state index contributed by atoms with van der Waals surface area (Å²) < 4.78 is 0. The van der Waals surface area contributed by atoms with Gasteiger partial charge in [-0.3, -0.25) is 9.78 Å². The average molecular weight is 269 g/mol. The lowest BCUT2D eigenvalue weighted by atomic mass is 10.2. The molecule has 0 aliphatic rings. The summed E-state index contributed by atoms with van der Waals surface area (Å²) in [5.41, 5.74) is 1.90. The Labute approximate surface area is 119 Å². The number of amides is 1. The Bertz CT molecular complexity index is 528. The van der Waals surface area contributed by atoms with Crippen LogP contribution in [0, 0.1) is 0 Å². The largest absolute Gasteiger partial charge is 0.315 e. The maximum Gasteiger partial charge on any atom is 0.227 e. The molecule has 0 spiro atoms. The van der Waals surface area contributed by atoms with Crippen molar-refractivity contribution in [3.05, 3.63) is 60.4 Å². The monoisotopic (exact) mass is 269 g/mol. The van der Waals surface area contributed by atoms with Crippen molar-refractivity contribution >= 4 is 11.6 Å². The molecule has 4 nitrogen and oxygen atoms in total. The second-order valence-corrected chi connectivity index (χ2v) is 4.54. The first-order chi connectivity index (χ1) is 9.77. The zero-order valence-electron chi connectivity index (χ0n) is 11.6. The van der Waals surface area contributed by atoms with Crippen molar-refractivity contribution < 1.29 is 4.79 Å². The molecular weight excluding hydrogens is 250 g/mol. The lowest BCUT2D eigenvalue weighted by molar-refractivity contribution is -0.118. The number of pyridine rings is 1. The molecule has 20 heavy (non-hydrogen) atoms. The van der Waals surface area contributed by atoms with Crippen LogP contribution in [0.15, 0.2) is 54.7 Å². The van der Waals surface area contributed by atoms with Gasteiger partial charge >= 0.3 is 0 Å². The zero-order chi connectivity index (χ0) is 14.2. The third-order valence-electron chi connectivity index (χ3n) is 3.07. The van der Waals surface area contributed by atoms with Gasteiger partial charge in [-0.1, -0.05) is 24.3 Å². The highest BCUT2D eigenvalue weighted by atomic mass is 16.2. The van der Waals surface area contributed by atoms with E-state index < -0.39 is 0 Å². The van der Waals surface area contributed by atoms with Gasteiger partial charge in [-0.25, -0.2) is 0 Å². The Morgan fingerprint density at radius 2 is 1.90 bits per heavy atom. The van der Waals surface area contributed by atoms with Crippen LogP contribution >= 0.6 is 0 Å². The molecule has 1 aromatic carbocycles. The molecule has 4 heteroatoms. The molecule has 0 saturated carbocycles. The maximum atomic E-state index is 12.0. The van der Waals surface area contributed by atoms with Crippen molar-refractivity contribution in [2.75, 3.05) is 18.5 Å². The van der Waals surface area contributed by atoms with Crippen LogP contribution in [0.1, 0.15) is 12.1 Å². The highest BCUT2D eigenvalue weighted by molar-refractivity contribution is 5.92. The van der Waals surface area contributed by atoms with Gasteiger partial charge in [0.1, 0.15) is 0 Å². The molecule has 0 bridgehead atoms. The van der Waals surface area contributed by atoms with Crippen molar-refractivity contribution in [3.8, 4) is 0 Å². The van der Waals surface area contributed by atoms with Crippen molar-refractivity contribution in [1.82, 2.24) is 10.3 Å². The molecule has 1 heterocycles. The SMILES string of the molecule is CN(C(=O)CCNCc1ccccn1)c1ccccc1. The van der Waals surface area contributed by atoms with Crippen LogP contribution < -0.4 is 10.2 Å². The van der Waals surface area contributed by atoms with Crippen molar-refractivity contribution in [2.24, 2.45) is 0 Å². The number of carbonyl (C=O) groups excluding carboxylic acids is 1. The van der Waals surface area contributed by atoms with E-state index in [1.54, 1.807) is 18.1 Å². The second kappa shape index (κ2) is 7.40. The quantitative estimate of drug-likeness (QED) is 0.818. The minimum absolute atomic E-state index is 0.102. The van der Waals surface area contributed by atoms with Crippen LogP contribution in [0.4, 0.5) is 5.69 Å². The summed E-state index contributed by atoms with van der Waals surface area (Å²) in [5, 5.41) is 3.23. The predicted molar refractivity (Wildman–Crippen MR) is 80.4 cm³/mol. The number of carbonyl (C=O) groups is 1. The maximum absolute atomic E-state index is 12.0. The van der Waals surface area contributed by atoms with Gasteiger partial charge in [-0.2, -0.15) is 0 Å². The molecule has 1 amide bonds. The van der Waals surface area contributed by atoms with Gasteiger partial charge in [0.15, 0.2) is 0 Å². The van der Waals surface area contributed by atoms with Crippen LogP contribution in [-0.4, -0.2) is 24.5 Å². The first-order valence-electron chi connectivity index (χ1n) is 6.69. The summed E-state index contributed by atoms with van der Waals surface area (Å²) in [7, 11) is 1.80. The molecule has 0 aliphatic carbocycles. The van der Waals surface area contributed by atoms with E-state index in [2.05, 4.69) is 10.3 Å². The van der Waals surface area contributed by atoms with E-state index in [0.29, 0.717) is 19.5 Å². The van der Waals surface area contributed by atoms with E-state index in [1.807, 2.05) is 48.5 Å². The van der Waals surface area contributed by atoms with Gasteiger partial charge in [0, 0.05) is 38.4 Å². The summed E-state index contributed by atoms with van der Waals surface area (Å²) in [6.07, 6.45) is 2.24. The van der Waals surface area contributed by atoms with Gasteiger partial charge in [0.2, 0.25) is 5.91 Å². The van der Waals surface area contributed by atoms with Crippen molar-refractivity contribution in [2.45, 2.75) is 13.0 Å². The fraction of sp³-hybridized carbons (Fsp3) is 0.250. The molecular formula is C16H19N3O. The summed E-state index contributed by atoms with van der Waals surface area (Å²) in [4.78, 5) is 17.9. The number of hydrogen-bond acceptors (Lipinski definition) is 3. The smallest absolute Gasteiger partial charge is 0.227 e. The Kier molecular flexibility index (Phi) is 5.26. The molecule has 2 rings (SSSR count). The normalized spacial score (nSPS) is 10.2. The Balaban J connectivity index is 1.73. The van der Waals surface area contributed by atoms with E-state index in [0.717, 1.165) is 11.4 Å². The zero-order valence-corrected chi connectivity index (χ0v) is 11.6. The molecule has 1 N–H and O–H groups in total. The summed E-state index contributed by atoms with van der Waals surface area (Å²) >= 11 is 0. The number of nitrogens with one attached hydrogen (secondary N) is 1. The van der Waals surface area contributed by atoms with Crippen molar-refractivity contribution in [3.63, 3.8) is 0 Å². The van der Waals surface area contributed by atoms with Gasteiger partial charge in [0.25, 0.3) is 0 Å². The molecule has 2 aromatic rings. The number of aromatic nitrogens is 1. The van der Waals surface area contributed by atoms with Crippen LogP contribution in [0.3, 0.4) is 0 Å². The number of rotatable bonds is 6. The highest BCUT2D eigenvalue weighted by Crippen LogP contribution is 2.11. The topological polar surface area (TPSA) is 45.2 Å². The van der Waals surface area contributed by atoms with E-state index in [9.17, 15) is 4.79 Å². The summed E-state index contributed by atoms with van der Waals surface area (Å²) in [6, 6.07) is 15.5. The van der Waals surface area contributed by atoms with Gasteiger partial charge in [-0.05, 0) is 24.3 Å². The van der Waals surface area contributed by atoms with Gasteiger partial charge < -0.3 is 10.2 Å². The van der Waals surface area contributed by atoms with Crippen LogP contribution in [-0.2, 0) is 11.3 Å². The van der Waals surface area contributed by atoms with Crippen LogP contribution in [0.2, 0.25) is 0 Å². The van der Waals surface area contributed by atoms with Gasteiger partial charge in [-0.15, -0.1) is 0 Å². The van der Waals surface area contributed by atoms with E-state index in [4.69, 9.17) is 0 Å². The number of benzene rings is 1. The summed E-state index contributed by atoms with van der Waals surface area (Å²) in [6.45, 7) is 1.33. The minimum Gasteiger partial charge on any atom is -0.315 e. The summed E-state index contributed by atoms with van der Waals surface area (Å²) in [5.74, 6) is 0.102. The standard InChI is InChI=1S/C16H19N3O/c1-19(15-8-3-2-4-9-15)16(20)10-12-17-13-14-7-5-6-11-18-14/h2-9,11,17H,10,12-13H2,1H3.